The molecule has 0 amide bonds. The van der Waals surface area contributed by atoms with Crippen LogP contribution in [0.5, 0.6) is 0 Å². The third-order valence-corrected chi connectivity index (χ3v) is 3.86. The fourth-order valence-electron chi connectivity index (χ4n) is 2.13. The van der Waals surface area contributed by atoms with Crippen molar-refractivity contribution in [1.29, 1.82) is 0 Å². The Morgan fingerprint density at radius 1 is 0.750 bits per heavy atom. The summed E-state index contributed by atoms with van der Waals surface area (Å²) in [7, 11) is 0. The minimum Gasteiger partial charge on any atom is -0.0928 e. The summed E-state index contributed by atoms with van der Waals surface area (Å²) in [4.78, 5) is 0. The molecule has 0 spiro atoms. The number of hydrogen-bond donors (Lipinski definition) is 0. The summed E-state index contributed by atoms with van der Waals surface area (Å²) in [5.41, 5.74) is 0. The molecule has 0 aromatic rings. The molecule has 0 aliphatic carbocycles. The van der Waals surface area contributed by atoms with Gasteiger partial charge in [0.15, 0.2) is 0 Å². The van der Waals surface area contributed by atoms with Crippen LogP contribution in [0.25, 0.3) is 0 Å². The lowest BCUT2D eigenvalue weighted by molar-refractivity contribution is 0.472. The Balaban J connectivity index is 2.98. The highest BCUT2D eigenvalue weighted by molar-refractivity contribution is 9.09. The van der Waals surface area contributed by atoms with Crippen molar-refractivity contribution in [3.8, 4) is 0 Å². The Morgan fingerprint density at radius 2 is 1.25 bits per heavy atom. The quantitative estimate of drug-likeness (QED) is 0.291. The first-order valence-electron chi connectivity index (χ1n) is 7.37. The molecule has 1 unspecified atom stereocenters. The predicted molar refractivity (Wildman–Crippen MR) is 79.4 cm³/mol. The molecule has 16 heavy (non-hydrogen) atoms. The largest absolute Gasteiger partial charge is 0.0928 e. The van der Waals surface area contributed by atoms with Crippen LogP contribution in [0.2, 0.25) is 0 Å². The minimum atomic E-state index is 0.920. The Hall–Kier alpha value is 0.480. The van der Waals surface area contributed by atoms with Crippen molar-refractivity contribution in [2.45, 2.75) is 84.5 Å². The fourth-order valence-corrected chi connectivity index (χ4v) is 2.92. The molecule has 0 radical (unpaired) electrons. The molecular weight excluding hydrogens is 260 g/mol. The molecular formula is C15H31Br. The van der Waals surface area contributed by atoms with Gasteiger partial charge >= 0.3 is 0 Å². The maximum Gasteiger partial charge on any atom is 0.00338 e. The minimum absolute atomic E-state index is 0.920. The maximum absolute atomic E-state index is 3.51. The van der Waals surface area contributed by atoms with E-state index in [9.17, 15) is 0 Å². The van der Waals surface area contributed by atoms with Crippen LogP contribution < -0.4 is 0 Å². The number of hydrogen-bond acceptors (Lipinski definition) is 0. The van der Waals surface area contributed by atoms with Crippen molar-refractivity contribution >= 4 is 15.9 Å². The molecule has 0 aromatic heterocycles. The van der Waals surface area contributed by atoms with E-state index in [1.54, 1.807) is 0 Å². The molecule has 0 nitrogen and oxygen atoms in total. The molecule has 0 fully saturated rings. The fraction of sp³-hybridized carbons (Fsp3) is 1.00. The van der Waals surface area contributed by atoms with Crippen LogP contribution in [0.3, 0.4) is 0 Å². The molecule has 0 heterocycles. The van der Waals surface area contributed by atoms with E-state index >= 15 is 0 Å². The third-order valence-electron chi connectivity index (χ3n) is 3.40. The smallest absolute Gasteiger partial charge is 0.00338 e. The average Bonchev–Trinajstić information content (AvgIpc) is 2.27. The molecule has 98 valence electrons. The number of halogens is 1. The van der Waals surface area contributed by atoms with Gasteiger partial charge in [-0.1, -0.05) is 94.0 Å². The summed E-state index contributed by atoms with van der Waals surface area (Å²) < 4.78 is 0. The zero-order valence-corrected chi connectivity index (χ0v) is 13.0. The molecule has 0 aliphatic rings. The molecule has 1 heteroatoms. The monoisotopic (exact) mass is 290 g/mol. The standard InChI is InChI=1S/C15H31Br/c1-3-4-5-6-7-8-9-10-11-12-15(2)13-14-16/h15H,3-14H2,1-2H3. The van der Waals surface area contributed by atoms with E-state index in [-0.39, 0.29) is 0 Å². The van der Waals surface area contributed by atoms with Crippen molar-refractivity contribution in [2.75, 3.05) is 5.33 Å². The highest BCUT2D eigenvalue weighted by Crippen LogP contribution is 2.15. The Labute approximate surface area is 112 Å². The van der Waals surface area contributed by atoms with E-state index in [0.29, 0.717) is 0 Å². The van der Waals surface area contributed by atoms with E-state index in [1.165, 1.54) is 76.0 Å². The molecule has 0 aromatic carbocycles. The first kappa shape index (κ1) is 16.5. The lowest BCUT2D eigenvalue weighted by atomic mass is 9.99. The van der Waals surface area contributed by atoms with Gasteiger partial charge in [0.25, 0.3) is 0 Å². The van der Waals surface area contributed by atoms with E-state index in [0.717, 1.165) is 5.92 Å². The summed E-state index contributed by atoms with van der Waals surface area (Å²) >= 11 is 3.51. The van der Waals surface area contributed by atoms with Crippen molar-refractivity contribution in [3.63, 3.8) is 0 Å². The second-order valence-corrected chi connectivity index (χ2v) is 5.99. The number of rotatable bonds is 12. The maximum atomic E-state index is 3.51. The first-order valence-corrected chi connectivity index (χ1v) is 8.49. The molecule has 0 bridgehead atoms. The zero-order chi connectivity index (χ0) is 12.1. The summed E-state index contributed by atoms with van der Waals surface area (Å²) in [6, 6.07) is 0. The van der Waals surface area contributed by atoms with Crippen LogP contribution in [0.15, 0.2) is 0 Å². The van der Waals surface area contributed by atoms with Crippen LogP contribution in [0.1, 0.15) is 84.5 Å². The van der Waals surface area contributed by atoms with Gasteiger partial charge in [0.1, 0.15) is 0 Å². The van der Waals surface area contributed by atoms with Gasteiger partial charge in [-0.15, -0.1) is 0 Å². The van der Waals surface area contributed by atoms with Crippen LogP contribution in [-0.2, 0) is 0 Å². The molecule has 0 N–H and O–H groups in total. The molecule has 0 rings (SSSR count). The van der Waals surface area contributed by atoms with Gasteiger partial charge in [0.2, 0.25) is 0 Å². The van der Waals surface area contributed by atoms with Crippen LogP contribution >= 0.6 is 15.9 Å². The van der Waals surface area contributed by atoms with E-state index in [2.05, 4.69) is 29.8 Å². The van der Waals surface area contributed by atoms with Gasteiger partial charge in [-0.05, 0) is 12.3 Å². The number of alkyl halides is 1. The SMILES string of the molecule is CCCCCCCCCCCC(C)CCBr. The second-order valence-electron chi connectivity index (χ2n) is 5.20. The lowest BCUT2D eigenvalue weighted by Gasteiger charge is -2.08. The summed E-state index contributed by atoms with van der Waals surface area (Å²) in [5.74, 6) is 0.920. The van der Waals surface area contributed by atoms with Crippen LogP contribution in [0, 0.1) is 5.92 Å². The van der Waals surface area contributed by atoms with Crippen molar-refractivity contribution in [2.24, 2.45) is 5.92 Å². The van der Waals surface area contributed by atoms with Gasteiger partial charge in [0.05, 0.1) is 0 Å². The van der Waals surface area contributed by atoms with Gasteiger partial charge < -0.3 is 0 Å². The van der Waals surface area contributed by atoms with E-state index in [4.69, 9.17) is 0 Å². The average molecular weight is 291 g/mol. The topological polar surface area (TPSA) is 0 Å². The highest BCUT2D eigenvalue weighted by Gasteiger charge is 2.00. The van der Waals surface area contributed by atoms with Crippen molar-refractivity contribution in [1.82, 2.24) is 0 Å². The first-order chi connectivity index (χ1) is 7.81. The Bertz CT molecular complexity index is 123. The van der Waals surface area contributed by atoms with Crippen molar-refractivity contribution < 1.29 is 0 Å². The highest BCUT2D eigenvalue weighted by atomic mass is 79.9. The molecule has 1 atom stereocenters. The van der Waals surface area contributed by atoms with E-state index in [1.807, 2.05) is 0 Å². The zero-order valence-electron chi connectivity index (χ0n) is 11.4. The van der Waals surface area contributed by atoms with Gasteiger partial charge in [-0.3, -0.25) is 0 Å². The summed E-state index contributed by atoms with van der Waals surface area (Å²) in [6.07, 6.45) is 15.8. The summed E-state index contributed by atoms with van der Waals surface area (Å²) in [5, 5.41) is 1.17. The predicted octanol–water partition coefficient (Wildman–Crippen LogP) is 6.33. The Kier molecular flexibility index (Phi) is 14.0. The normalized spacial score (nSPS) is 12.9. The van der Waals surface area contributed by atoms with Gasteiger partial charge in [0, 0.05) is 5.33 Å². The van der Waals surface area contributed by atoms with Crippen LogP contribution in [0.4, 0.5) is 0 Å². The van der Waals surface area contributed by atoms with Crippen LogP contribution in [-0.4, -0.2) is 5.33 Å². The third kappa shape index (κ3) is 12.5. The second kappa shape index (κ2) is 13.5. The van der Waals surface area contributed by atoms with Gasteiger partial charge in [-0.25, -0.2) is 0 Å². The lowest BCUT2D eigenvalue weighted by Crippen LogP contribution is -1.95. The van der Waals surface area contributed by atoms with E-state index < -0.39 is 0 Å². The molecule has 0 saturated carbocycles. The Morgan fingerprint density at radius 3 is 1.75 bits per heavy atom. The van der Waals surface area contributed by atoms with Crippen molar-refractivity contribution in [3.05, 3.63) is 0 Å². The number of unbranched alkanes of at least 4 members (excludes halogenated alkanes) is 8. The van der Waals surface area contributed by atoms with Gasteiger partial charge in [-0.2, -0.15) is 0 Å². The summed E-state index contributed by atoms with van der Waals surface area (Å²) in [6.45, 7) is 4.67. The molecule has 0 aliphatic heterocycles. The molecule has 0 saturated heterocycles.